The molecule has 144 valence electrons. The van der Waals surface area contributed by atoms with E-state index >= 15 is 0 Å². The first-order chi connectivity index (χ1) is 13.4. The standard InChI is InChI=1S/C25H27NO2/c1-25(2,3)22-12-8-19(9-13-22)10-15-24(27)26-16-17-28-23-14-11-20-6-4-5-7-21(20)18-23/h4-15,18H,16-17H2,1-3H3,(H,26,27)/b15-10+. The van der Waals surface area contributed by atoms with Crippen molar-refractivity contribution in [3.8, 4) is 5.75 Å². The first kappa shape index (κ1) is 19.7. The van der Waals surface area contributed by atoms with Gasteiger partial charge < -0.3 is 10.1 Å². The van der Waals surface area contributed by atoms with Crippen LogP contribution in [0.3, 0.4) is 0 Å². The molecule has 0 aromatic heterocycles. The molecule has 0 spiro atoms. The molecule has 0 aliphatic rings. The molecule has 1 N–H and O–H groups in total. The predicted molar refractivity (Wildman–Crippen MR) is 117 cm³/mol. The lowest BCUT2D eigenvalue weighted by molar-refractivity contribution is -0.116. The fourth-order valence-electron chi connectivity index (χ4n) is 2.93. The average molecular weight is 373 g/mol. The van der Waals surface area contributed by atoms with Crippen LogP contribution in [0, 0.1) is 0 Å². The van der Waals surface area contributed by atoms with Gasteiger partial charge in [-0.3, -0.25) is 4.79 Å². The third-order valence-electron chi connectivity index (χ3n) is 4.59. The van der Waals surface area contributed by atoms with E-state index in [9.17, 15) is 4.79 Å². The van der Waals surface area contributed by atoms with Gasteiger partial charge in [0.2, 0.25) is 5.91 Å². The minimum Gasteiger partial charge on any atom is -0.492 e. The van der Waals surface area contributed by atoms with Crippen LogP contribution < -0.4 is 10.1 Å². The van der Waals surface area contributed by atoms with Crippen LogP contribution in [0.1, 0.15) is 31.9 Å². The molecule has 3 rings (SSSR count). The molecular weight excluding hydrogens is 346 g/mol. The zero-order valence-corrected chi connectivity index (χ0v) is 16.7. The minimum atomic E-state index is -0.123. The quantitative estimate of drug-likeness (QED) is 0.467. The van der Waals surface area contributed by atoms with Crippen LogP contribution in [0.5, 0.6) is 5.75 Å². The van der Waals surface area contributed by atoms with E-state index in [-0.39, 0.29) is 11.3 Å². The molecule has 3 heteroatoms. The molecule has 28 heavy (non-hydrogen) atoms. The first-order valence-electron chi connectivity index (χ1n) is 9.60. The van der Waals surface area contributed by atoms with Gasteiger partial charge in [-0.2, -0.15) is 0 Å². The molecule has 0 fully saturated rings. The van der Waals surface area contributed by atoms with Crippen molar-refractivity contribution in [1.82, 2.24) is 5.32 Å². The van der Waals surface area contributed by atoms with Gasteiger partial charge in [0.1, 0.15) is 12.4 Å². The zero-order chi connectivity index (χ0) is 20.0. The van der Waals surface area contributed by atoms with E-state index in [0.717, 1.165) is 16.7 Å². The highest BCUT2D eigenvalue weighted by atomic mass is 16.5. The van der Waals surface area contributed by atoms with E-state index in [4.69, 9.17) is 4.74 Å². The summed E-state index contributed by atoms with van der Waals surface area (Å²) in [4.78, 5) is 12.0. The third-order valence-corrected chi connectivity index (χ3v) is 4.59. The Labute approximate surface area is 167 Å². The summed E-state index contributed by atoms with van der Waals surface area (Å²) < 4.78 is 5.73. The molecule has 0 atom stereocenters. The molecule has 3 nitrogen and oxygen atoms in total. The monoisotopic (exact) mass is 373 g/mol. The fourth-order valence-corrected chi connectivity index (χ4v) is 2.93. The van der Waals surface area contributed by atoms with E-state index in [1.807, 2.05) is 48.5 Å². The molecule has 0 bridgehead atoms. The SMILES string of the molecule is CC(C)(C)c1ccc(/C=C/C(=O)NCCOc2ccc3ccccc3c2)cc1. The fraction of sp³-hybridized carbons (Fsp3) is 0.240. The van der Waals surface area contributed by atoms with Crippen molar-refractivity contribution in [2.24, 2.45) is 0 Å². The van der Waals surface area contributed by atoms with Gasteiger partial charge in [0.05, 0.1) is 6.54 Å². The van der Waals surface area contributed by atoms with Crippen LogP contribution in [-0.2, 0) is 10.2 Å². The number of carbonyl (C=O) groups is 1. The highest BCUT2D eigenvalue weighted by molar-refractivity contribution is 5.91. The van der Waals surface area contributed by atoms with Crippen molar-refractivity contribution in [3.05, 3.63) is 83.9 Å². The van der Waals surface area contributed by atoms with E-state index in [2.05, 4.69) is 50.4 Å². The zero-order valence-electron chi connectivity index (χ0n) is 16.7. The molecule has 3 aromatic rings. The van der Waals surface area contributed by atoms with Crippen molar-refractivity contribution in [1.29, 1.82) is 0 Å². The number of benzene rings is 3. The van der Waals surface area contributed by atoms with Crippen LogP contribution >= 0.6 is 0 Å². The maximum atomic E-state index is 12.0. The van der Waals surface area contributed by atoms with Crippen molar-refractivity contribution in [3.63, 3.8) is 0 Å². The Kier molecular flexibility index (Phi) is 6.15. The summed E-state index contributed by atoms with van der Waals surface area (Å²) in [6.45, 7) is 7.44. The summed E-state index contributed by atoms with van der Waals surface area (Å²) in [5.41, 5.74) is 2.42. The van der Waals surface area contributed by atoms with Crippen LogP contribution in [-0.4, -0.2) is 19.1 Å². The number of rotatable bonds is 6. The van der Waals surface area contributed by atoms with E-state index in [1.54, 1.807) is 6.08 Å². The number of ether oxygens (including phenoxy) is 1. The van der Waals surface area contributed by atoms with Gasteiger partial charge in [-0.25, -0.2) is 0 Å². The lowest BCUT2D eigenvalue weighted by atomic mass is 9.87. The summed E-state index contributed by atoms with van der Waals surface area (Å²) in [7, 11) is 0. The van der Waals surface area contributed by atoms with Gasteiger partial charge in [-0.1, -0.05) is 75.4 Å². The maximum Gasteiger partial charge on any atom is 0.244 e. The molecule has 0 aliphatic heterocycles. The lowest BCUT2D eigenvalue weighted by Gasteiger charge is -2.18. The summed E-state index contributed by atoms with van der Waals surface area (Å²) in [6.07, 6.45) is 3.38. The Morgan fingerprint density at radius 2 is 1.68 bits per heavy atom. The molecule has 0 aliphatic carbocycles. The largest absolute Gasteiger partial charge is 0.492 e. The van der Waals surface area contributed by atoms with E-state index in [1.165, 1.54) is 10.9 Å². The summed E-state index contributed by atoms with van der Waals surface area (Å²) in [6, 6.07) is 22.4. The second-order valence-corrected chi connectivity index (χ2v) is 7.85. The normalized spacial score (nSPS) is 11.7. The van der Waals surface area contributed by atoms with Gasteiger partial charge in [-0.15, -0.1) is 0 Å². The number of hydrogen-bond donors (Lipinski definition) is 1. The van der Waals surface area contributed by atoms with Gasteiger partial charge >= 0.3 is 0 Å². The van der Waals surface area contributed by atoms with Gasteiger partial charge in [0.15, 0.2) is 0 Å². The van der Waals surface area contributed by atoms with E-state index < -0.39 is 0 Å². The van der Waals surface area contributed by atoms with Crippen LogP contribution in [0.2, 0.25) is 0 Å². The smallest absolute Gasteiger partial charge is 0.244 e. The lowest BCUT2D eigenvalue weighted by Crippen LogP contribution is -2.26. The Morgan fingerprint density at radius 3 is 2.39 bits per heavy atom. The van der Waals surface area contributed by atoms with Crippen molar-refractivity contribution in [2.45, 2.75) is 26.2 Å². The van der Waals surface area contributed by atoms with Crippen LogP contribution in [0.25, 0.3) is 16.8 Å². The summed E-state index contributed by atoms with van der Waals surface area (Å²) >= 11 is 0. The predicted octanol–water partition coefficient (Wildman–Crippen LogP) is 5.35. The maximum absolute atomic E-state index is 12.0. The Bertz CT molecular complexity index is 966. The molecule has 1 amide bonds. The topological polar surface area (TPSA) is 38.3 Å². The number of fused-ring (bicyclic) bond motifs is 1. The molecule has 3 aromatic carbocycles. The molecule has 0 saturated heterocycles. The van der Waals surface area contributed by atoms with Crippen LogP contribution in [0.4, 0.5) is 0 Å². The highest BCUT2D eigenvalue weighted by Gasteiger charge is 2.12. The summed E-state index contributed by atoms with van der Waals surface area (Å²) in [5.74, 6) is 0.685. The second-order valence-electron chi connectivity index (χ2n) is 7.85. The number of nitrogens with one attached hydrogen (secondary N) is 1. The molecule has 0 saturated carbocycles. The van der Waals surface area contributed by atoms with Gasteiger partial charge in [-0.05, 0) is 45.5 Å². The van der Waals surface area contributed by atoms with Gasteiger partial charge in [0, 0.05) is 6.08 Å². The average Bonchev–Trinajstić information content (AvgIpc) is 2.69. The summed E-state index contributed by atoms with van der Waals surface area (Å²) in [5, 5.41) is 5.17. The Morgan fingerprint density at radius 1 is 0.964 bits per heavy atom. The van der Waals surface area contributed by atoms with Gasteiger partial charge in [0.25, 0.3) is 0 Å². The molecule has 0 radical (unpaired) electrons. The number of hydrogen-bond acceptors (Lipinski definition) is 2. The molecule has 0 unspecified atom stereocenters. The second kappa shape index (κ2) is 8.75. The number of amides is 1. The Balaban J connectivity index is 1.44. The molecule has 0 heterocycles. The minimum absolute atomic E-state index is 0.123. The van der Waals surface area contributed by atoms with E-state index in [0.29, 0.717) is 13.2 Å². The third kappa shape index (κ3) is 5.46. The van der Waals surface area contributed by atoms with Crippen molar-refractivity contribution >= 4 is 22.8 Å². The van der Waals surface area contributed by atoms with Crippen LogP contribution in [0.15, 0.2) is 72.8 Å². The van der Waals surface area contributed by atoms with Crippen molar-refractivity contribution in [2.75, 3.05) is 13.2 Å². The first-order valence-corrected chi connectivity index (χ1v) is 9.60. The Hall–Kier alpha value is -3.07. The van der Waals surface area contributed by atoms with Crippen molar-refractivity contribution < 1.29 is 9.53 Å². The highest BCUT2D eigenvalue weighted by Crippen LogP contribution is 2.22. The number of carbonyl (C=O) groups excluding carboxylic acids is 1. The molecular formula is C25H27NO2.